The quantitative estimate of drug-likeness (QED) is 0.836. The molecule has 0 bridgehead atoms. The normalized spacial score (nSPS) is 17.6. The number of morpholine rings is 1. The van der Waals surface area contributed by atoms with Gasteiger partial charge in [-0.2, -0.15) is 11.8 Å². The van der Waals surface area contributed by atoms with E-state index < -0.39 is 0 Å². The summed E-state index contributed by atoms with van der Waals surface area (Å²) >= 11 is 1.78. The standard InChI is InChI=1S/C15H26N2O2S/c1-15(2,17-6-8-18-9-7-17)12-16-10-13-4-5-14(19-13)11-20-3/h4-5,16H,6-12H2,1-3H3. The Kier molecular flexibility index (Phi) is 5.96. The van der Waals surface area contributed by atoms with Crippen LogP contribution in [0, 0.1) is 0 Å². The topological polar surface area (TPSA) is 37.6 Å². The first-order valence-electron chi connectivity index (χ1n) is 7.22. The Morgan fingerprint density at radius 1 is 1.25 bits per heavy atom. The lowest BCUT2D eigenvalue weighted by Crippen LogP contribution is -2.54. The van der Waals surface area contributed by atoms with Gasteiger partial charge in [-0.15, -0.1) is 0 Å². The second-order valence-corrected chi connectivity index (χ2v) is 6.68. The first-order chi connectivity index (χ1) is 9.62. The smallest absolute Gasteiger partial charge is 0.118 e. The largest absolute Gasteiger partial charge is 0.464 e. The molecule has 2 heterocycles. The lowest BCUT2D eigenvalue weighted by atomic mass is 10.0. The second kappa shape index (κ2) is 7.50. The Morgan fingerprint density at radius 3 is 2.65 bits per heavy atom. The van der Waals surface area contributed by atoms with E-state index >= 15 is 0 Å². The van der Waals surface area contributed by atoms with Gasteiger partial charge in [0.25, 0.3) is 0 Å². The molecule has 1 aromatic heterocycles. The molecule has 0 spiro atoms. The summed E-state index contributed by atoms with van der Waals surface area (Å²) in [5.74, 6) is 3.02. The van der Waals surface area contributed by atoms with Crippen molar-refractivity contribution in [2.45, 2.75) is 31.7 Å². The molecule has 20 heavy (non-hydrogen) atoms. The summed E-state index contributed by atoms with van der Waals surface area (Å²) in [6, 6.07) is 4.14. The predicted molar refractivity (Wildman–Crippen MR) is 84.1 cm³/mol. The fourth-order valence-electron chi connectivity index (χ4n) is 2.51. The highest BCUT2D eigenvalue weighted by molar-refractivity contribution is 7.97. The number of thioether (sulfide) groups is 1. The van der Waals surface area contributed by atoms with E-state index in [0.29, 0.717) is 0 Å². The highest BCUT2D eigenvalue weighted by Crippen LogP contribution is 2.16. The van der Waals surface area contributed by atoms with Crippen molar-refractivity contribution in [3.05, 3.63) is 23.7 Å². The molecule has 4 nitrogen and oxygen atoms in total. The molecule has 1 fully saturated rings. The lowest BCUT2D eigenvalue weighted by molar-refractivity contribution is -0.00977. The average Bonchev–Trinajstić information content (AvgIpc) is 2.88. The van der Waals surface area contributed by atoms with Crippen LogP contribution in [-0.2, 0) is 17.0 Å². The maximum atomic E-state index is 5.77. The highest BCUT2D eigenvalue weighted by Gasteiger charge is 2.27. The van der Waals surface area contributed by atoms with Crippen molar-refractivity contribution < 1.29 is 9.15 Å². The maximum Gasteiger partial charge on any atom is 0.118 e. The third-order valence-corrected chi connectivity index (χ3v) is 4.30. The second-order valence-electron chi connectivity index (χ2n) is 5.82. The molecule has 1 saturated heterocycles. The minimum Gasteiger partial charge on any atom is -0.464 e. The van der Waals surface area contributed by atoms with Gasteiger partial charge in [0.05, 0.1) is 25.5 Å². The molecule has 1 aliphatic heterocycles. The Hall–Kier alpha value is -0.490. The molecule has 0 atom stereocenters. The van der Waals surface area contributed by atoms with Gasteiger partial charge in [0.1, 0.15) is 11.5 Å². The van der Waals surface area contributed by atoms with E-state index in [-0.39, 0.29) is 5.54 Å². The molecule has 0 aromatic carbocycles. The van der Waals surface area contributed by atoms with Crippen LogP contribution in [0.15, 0.2) is 16.5 Å². The minimum atomic E-state index is 0.151. The molecule has 0 amide bonds. The predicted octanol–water partition coefficient (Wildman–Crippen LogP) is 2.34. The number of hydrogen-bond donors (Lipinski definition) is 1. The summed E-state index contributed by atoms with van der Waals surface area (Å²) in [6.45, 7) is 10.0. The van der Waals surface area contributed by atoms with Gasteiger partial charge in [-0.25, -0.2) is 0 Å². The Balaban J connectivity index is 1.75. The van der Waals surface area contributed by atoms with Crippen LogP contribution in [0.1, 0.15) is 25.4 Å². The van der Waals surface area contributed by atoms with Gasteiger partial charge in [-0.3, -0.25) is 4.90 Å². The van der Waals surface area contributed by atoms with Gasteiger partial charge >= 0.3 is 0 Å². The van der Waals surface area contributed by atoms with Crippen LogP contribution in [0.25, 0.3) is 0 Å². The molecule has 0 unspecified atom stereocenters. The monoisotopic (exact) mass is 298 g/mol. The van der Waals surface area contributed by atoms with Crippen molar-refractivity contribution in [2.24, 2.45) is 0 Å². The summed E-state index contributed by atoms with van der Waals surface area (Å²) in [4.78, 5) is 2.49. The SMILES string of the molecule is CSCc1ccc(CNCC(C)(C)N2CCOCC2)o1. The molecule has 5 heteroatoms. The van der Waals surface area contributed by atoms with Crippen molar-refractivity contribution in [1.29, 1.82) is 0 Å². The number of hydrogen-bond acceptors (Lipinski definition) is 5. The molecule has 1 N–H and O–H groups in total. The van der Waals surface area contributed by atoms with E-state index in [2.05, 4.69) is 42.5 Å². The first-order valence-corrected chi connectivity index (χ1v) is 8.61. The fourth-order valence-corrected chi connectivity index (χ4v) is 2.95. The van der Waals surface area contributed by atoms with Gasteiger partial charge in [0.2, 0.25) is 0 Å². The Labute approximate surface area is 126 Å². The van der Waals surface area contributed by atoms with Crippen LogP contribution in [0.2, 0.25) is 0 Å². The van der Waals surface area contributed by atoms with Crippen molar-refractivity contribution in [1.82, 2.24) is 10.2 Å². The summed E-state index contributed by atoms with van der Waals surface area (Å²) in [5, 5.41) is 3.51. The third kappa shape index (κ3) is 4.52. The molecular weight excluding hydrogens is 272 g/mol. The van der Waals surface area contributed by atoms with E-state index in [1.807, 2.05) is 0 Å². The molecular formula is C15H26N2O2S. The van der Waals surface area contributed by atoms with E-state index in [4.69, 9.17) is 9.15 Å². The van der Waals surface area contributed by atoms with Gasteiger partial charge in [0, 0.05) is 25.2 Å². The van der Waals surface area contributed by atoms with E-state index in [1.165, 1.54) is 0 Å². The van der Waals surface area contributed by atoms with Crippen LogP contribution in [0.3, 0.4) is 0 Å². The highest BCUT2D eigenvalue weighted by atomic mass is 32.2. The number of nitrogens with zero attached hydrogens (tertiary/aromatic N) is 1. The molecule has 2 rings (SSSR count). The van der Waals surface area contributed by atoms with Gasteiger partial charge in [-0.05, 0) is 32.2 Å². The van der Waals surface area contributed by atoms with Crippen LogP contribution in [-0.4, -0.2) is 49.5 Å². The zero-order valence-electron chi connectivity index (χ0n) is 12.8. The molecule has 0 aliphatic carbocycles. The van der Waals surface area contributed by atoms with Crippen LogP contribution >= 0.6 is 11.8 Å². The number of rotatable bonds is 7. The lowest BCUT2D eigenvalue weighted by Gasteiger charge is -2.41. The van der Waals surface area contributed by atoms with E-state index in [9.17, 15) is 0 Å². The molecule has 114 valence electrons. The third-order valence-electron chi connectivity index (χ3n) is 3.73. The van der Waals surface area contributed by atoms with Crippen molar-refractivity contribution in [3.63, 3.8) is 0 Å². The number of furan rings is 1. The maximum absolute atomic E-state index is 5.77. The van der Waals surface area contributed by atoms with Gasteiger partial charge in [0.15, 0.2) is 0 Å². The van der Waals surface area contributed by atoms with Crippen molar-refractivity contribution >= 4 is 11.8 Å². The van der Waals surface area contributed by atoms with Gasteiger partial charge < -0.3 is 14.5 Å². The molecule has 0 saturated carbocycles. The van der Waals surface area contributed by atoms with Crippen LogP contribution in [0.5, 0.6) is 0 Å². The summed E-state index contributed by atoms with van der Waals surface area (Å²) in [5.41, 5.74) is 0.151. The molecule has 0 radical (unpaired) electrons. The fraction of sp³-hybridized carbons (Fsp3) is 0.733. The van der Waals surface area contributed by atoms with Crippen molar-refractivity contribution in [3.8, 4) is 0 Å². The van der Waals surface area contributed by atoms with Gasteiger partial charge in [-0.1, -0.05) is 0 Å². The zero-order valence-corrected chi connectivity index (χ0v) is 13.6. The average molecular weight is 298 g/mol. The zero-order chi connectivity index (χ0) is 14.4. The number of ether oxygens (including phenoxy) is 1. The van der Waals surface area contributed by atoms with Crippen LogP contribution < -0.4 is 5.32 Å². The molecule has 1 aliphatic rings. The van der Waals surface area contributed by atoms with E-state index in [1.54, 1.807) is 11.8 Å². The van der Waals surface area contributed by atoms with Crippen LogP contribution in [0.4, 0.5) is 0 Å². The minimum absolute atomic E-state index is 0.151. The van der Waals surface area contributed by atoms with E-state index in [0.717, 1.165) is 56.7 Å². The first kappa shape index (κ1) is 15.9. The Bertz CT molecular complexity index is 400. The summed E-state index contributed by atoms with van der Waals surface area (Å²) in [7, 11) is 0. The Morgan fingerprint density at radius 2 is 1.95 bits per heavy atom. The summed E-state index contributed by atoms with van der Waals surface area (Å²) in [6.07, 6.45) is 2.09. The van der Waals surface area contributed by atoms with Crippen molar-refractivity contribution in [2.75, 3.05) is 39.1 Å². The summed E-state index contributed by atoms with van der Waals surface area (Å²) < 4.78 is 11.2. The molecule has 1 aromatic rings. The number of nitrogens with one attached hydrogen (secondary N) is 1.